The first kappa shape index (κ1) is 17.3. The summed E-state index contributed by atoms with van der Waals surface area (Å²) in [5.41, 5.74) is 0. The third-order valence-corrected chi connectivity index (χ3v) is 3.89. The maximum Gasteiger partial charge on any atom is 0.201 e. The number of halogens is 4. The monoisotopic (exact) mass is 352 g/mol. The molecule has 0 N–H and O–H groups in total. The topological polar surface area (TPSA) is 18.5 Å². The van der Waals surface area contributed by atoms with Crippen LogP contribution in [0.3, 0.4) is 0 Å². The summed E-state index contributed by atoms with van der Waals surface area (Å²) in [6.07, 6.45) is 0. The number of methoxy groups -OCH3 is 1. The number of ether oxygens (including phenoxy) is 2. The van der Waals surface area contributed by atoms with Crippen molar-refractivity contribution in [3.63, 3.8) is 0 Å². The Morgan fingerprint density at radius 3 is 1.76 bits per heavy atom. The predicted molar refractivity (Wildman–Crippen MR) is 88.2 cm³/mol. The largest absolute Gasteiger partial charge is 0.494 e. The van der Waals surface area contributed by atoms with E-state index in [1.165, 1.54) is 31.4 Å². The number of hydrogen-bond donors (Lipinski definition) is 0. The van der Waals surface area contributed by atoms with E-state index in [0.717, 1.165) is 0 Å². The second-order valence-corrected chi connectivity index (χ2v) is 6.18. The van der Waals surface area contributed by atoms with E-state index >= 15 is 0 Å². The van der Waals surface area contributed by atoms with Crippen LogP contribution in [0.1, 0.15) is 13.8 Å². The van der Waals surface area contributed by atoms with E-state index < -0.39 is 23.3 Å². The molecular weight excluding hydrogens is 336 g/mol. The second-order valence-electron chi connectivity index (χ2n) is 6.18. The van der Waals surface area contributed by atoms with Gasteiger partial charge < -0.3 is 9.47 Å². The fourth-order valence-corrected chi connectivity index (χ4v) is 2.70. The minimum absolute atomic E-state index is 0.119. The molecule has 0 radical (unpaired) electrons. The van der Waals surface area contributed by atoms with Crippen LogP contribution >= 0.6 is 0 Å². The lowest BCUT2D eigenvalue weighted by atomic mass is 10.00. The fraction of sp³-hybridized carbons (Fsp3) is 0.263. The van der Waals surface area contributed by atoms with E-state index in [1.54, 1.807) is 0 Å². The number of hydrogen-bond acceptors (Lipinski definition) is 2. The quantitative estimate of drug-likeness (QED) is 0.450. The summed E-state index contributed by atoms with van der Waals surface area (Å²) >= 11 is 0. The number of rotatable bonds is 4. The molecule has 0 heterocycles. The highest BCUT2D eigenvalue weighted by atomic mass is 19.2. The Morgan fingerprint density at radius 2 is 1.28 bits per heavy atom. The molecule has 0 bridgehead atoms. The summed E-state index contributed by atoms with van der Waals surface area (Å²) < 4.78 is 67.5. The zero-order chi connectivity index (χ0) is 18.3. The molecule has 6 heteroatoms. The molecule has 0 unspecified atom stereocenters. The first-order chi connectivity index (χ1) is 11.8. The molecule has 25 heavy (non-hydrogen) atoms. The predicted octanol–water partition coefficient (Wildman–Crippen LogP) is 5.59. The lowest BCUT2D eigenvalue weighted by Crippen LogP contribution is -2.07. The smallest absolute Gasteiger partial charge is 0.201 e. The lowest BCUT2D eigenvalue weighted by molar-refractivity contribution is 0.256. The van der Waals surface area contributed by atoms with Crippen LogP contribution in [0.5, 0.6) is 11.5 Å². The summed E-state index contributed by atoms with van der Waals surface area (Å²) in [4.78, 5) is 0. The van der Waals surface area contributed by atoms with Crippen LogP contribution in [-0.4, -0.2) is 13.7 Å². The standard InChI is InChI=1S/C19H16F4O2/c1-9(2)8-25-13-7-11-5-4-10-6-12(24-3)16(20)18(22)14(10)15(11)19(23)17(13)21/h4-7,9H,8H2,1-3H3. The van der Waals surface area contributed by atoms with Gasteiger partial charge in [-0.3, -0.25) is 0 Å². The maximum atomic E-state index is 14.6. The summed E-state index contributed by atoms with van der Waals surface area (Å²) in [7, 11) is 1.20. The fourth-order valence-electron chi connectivity index (χ4n) is 2.70. The summed E-state index contributed by atoms with van der Waals surface area (Å²) in [6.45, 7) is 3.94. The Balaban J connectivity index is 2.33. The zero-order valence-electron chi connectivity index (χ0n) is 13.9. The molecule has 0 aliphatic rings. The van der Waals surface area contributed by atoms with Crippen molar-refractivity contribution < 1.29 is 27.0 Å². The van der Waals surface area contributed by atoms with Gasteiger partial charge in [-0.05, 0) is 28.8 Å². The molecule has 0 saturated carbocycles. The van der Waals surface area contributed by atoms with Gasteiger partial charge in [0.05, 0.1) is 13.7 Å². The van der Waals surface area contributed by atoms with E-state index in [1.807, 2.05) is 13.8 Å². The molecule has 0 amide bonds. The van der Waals surface area contributed by atoms with Crippen molar-refractivity contribution in [2.24, 2.45) is 5.92 Å². The maximum absolute atomic E-state index is 14.6. The third-order valence-electron chi connectivity index (χ3n) is 3.89. The van der Waals surface area contributed by atoms with Crippen LogP contribution in [-0.2, 0) is 0 Å². The van der Waals surface area contributed by atoms with Crippen LogP contribution in [0.4, 0.5) is 17.6 Å². The van der Waals surface area contributed by atoms with Crippen molar-refractivity contribution in [3.05, 3.63) is 47.5 Å². The van der Waals surface area contributed by atoms with Crippen molar-refractivity contribution in [1.29, 1.82) is 0 Å². The molecule has 0 aliphatic heterocycles. The van der Waals surface area contributed by atoms with Gasteiger partial charge in [0, 0.05) is 10.8 Å². The highest BCUT2D eigenvalue weighted by Gasteiger charge is 2.22. The molecule has 0 aromatic heterocycles. The summed E-state index contributed by atoms with van der Waals surface area (Å²) in [5.74, 6) is -5.47. The van der Waals surface area contributed by atoms with E-state index in [-0.39, 0.29) is 45.6 Å². The summed E-state index contributed by atoms with van der Waals surface area (Å²) in [6, 6.07) is 5.52. The molecule has 0 spiro atoms. The number of benzene rings is 3. The first-order valence-corrected chi connectivity index (χ1v) is 7.74. The van der Waals surface area contributed by atoms with E-state index in [9.17, 15) is 17.6 Å². The van der Waals surface area contributed by atoms with Crippen LogP contribution in [0.2, 0.25) is 0 Å². The van der Waals surface area contributed by atoms with Gasteiger partial charge in [-0.15, -0.1) is 0 Å². The molecule has 132 valence electrons. The van der Waals surface area contributed by atoms with Gasteiger partial charge >= 0.3 is 0 Å². The Hall–Kier alpha value is -2.50. The average Bonchev–Trinajstić information content (AvgIpc) is 2.59. The van der Waals surface area contributed by atoms with Crippen molar-refractivity contribution in [2.45, 2.75) is 13.8 Å². The van der Waals surface area contributed by atoms with Gasteiger partial charge in [0.15, 0.2) is 23.1 Å². The SMILES string of the molecule is COc1cc2ccc3cc(OCC(C)C)c(F)c(F)c3c2c(F)c1F. The van der Waals surface area contributed by atoms with Crippen molar-refractivity contribution in [3.8, 4) is 11.5 Å². The molecule has 0 fully saturated rings. The second kappa shape index (κ2) is 6.43. The molecule has 0 atom stereocenters. The molecular formula is C19H16F4O2. The molecule has 0 aliphatic carbocycles. The minimum Gasteiger partial charge on any atom is -0.494 e. The van der Waals surface area contributed by atoms with Crippen LogP contribution < -0.4 is 9.47 Å². The van der Waals surface area contributed by atoms with Gasteiger partial charge in [-0.1, -0.05) is 26.0 Å². The van der Waals surface area contributed by atoms with Crippen molar-refractivity contribution in [2.75, 3.05) is 13.7 Å². The molecule has 3 rings (SSSR count). The van der Waals surface area contributed by atoms with E-state index in [4.69, 9.17) is 9.47 Å². The Morgan fingerprint density at radius 1 is 0.800 bits per heavy atom. The van der Waals surface area contributed by atoms with E-state index in [2.05, 4.69) is 0 Å². The first-order valence-electron chi connectivity index (χ1n) is 7.74. The van der Waals surface area contributed by atoms with Gasteiger partial charge in [0.25, 0.3) is 0 Å². The normalized spacial score (nSPS) is 11.5. The van der Waals surface area contributed by atoms with Gasteiger partial charge in [-0.2, -0.15) is 8.78 Å². The van der Waals surface area contributed by atoms with Crippen LogP contribution in [0.15, 0.2) is 24.3 Å². The van der Waals surface area contributed by atoms with Gasteiger partial charge in [0.2, 0.25) is 11.6 Å². The Kier molecular flexibility index (Phi) is 4.45. The van der Waals surface area contributed by atoms with Crippen molar-refractivity contribution in [1.82, 2.24) is 0 Å². The van der Waals surface area contributed by atoms with Gasteiger partial charge in [0.1, 0.15) is 0 Å². The van der Waals surface area contributed by atoms with Crippen LogP contribution in [0.25, 0.3) is 21.5 Å². The molecule has 3 aromatic carbocycles. The highest BCUT2D eigenvalue weighted by Crippen LogP contribution is 2.37. The molecule has 3 aromatic rings. The zero-order valence-corrected chi connectivity index (χ0v) is 13.9. The summed E-state index contributed by atoms with van der Waals surface area (Å²) in [5, 5.41) is -0.236. The molecule has 2 nitrogen and oxygen atoms in total. The van der Waals surface area contributed by atoms with Crippen molar-refractivity contribution >= 4 is 21.5 Å². The number of fused-ring (bicyclic) bond motifs is 3. The Labute approximate surface area is 142 Å². The van der Waals surface area contributed by atoms with Crippen LogP contribution in [0, 0.1) is 29.2 Å². The highest BCUT2D eigenvalue weighted by molar-refractivity contribution is 6.09. The van der Waals surface area contributed by atoms with Gasteiger partial charge in [-0.25, -0.2) is 8.78 Å². The minimum atomic E-state index is -1.28. The Bertz CT molecular complexity index is 967. The molecule has 0 saturated heterocycles. The lowest BCUT2D eigenvalue weighted by Gasteiger charge is -2.14. The van der Waals surface area contributed by atoms with E-state index in [0.29, 0.717) is 0 Å². The average molecular weight is 352 g/mol. The third kappa shape index (κ3) is 2.86.